The first-order chi connectivity index (χ1) is 11.3. The lowest BCUT2D eigenvalue weighted by molar-refractivity contribution is 0.344. The average molecular weight is 340 g/mol. The van der Waals surface area contributed by atoms with Crippen molar-refractivity contribution in [3.63, 3.8) is 0 Å². The van der Waals surface area contributed by atoms with Crippen molar-refractivity contribution in [2.24, 2.45) is 0 Å². The van der Waals surface area contributed by atoms with Crippen LogP contribution in [0, 0.1) is 4.64 Å². The summed E-state index contributed by atoms with van der Waals surface area (Å²) >= 11 is 6.87. The lowest BCUT2D eigenvalue weighted by Gasteiger charge is -2.07. The van der Waals surface area contributed by atoms with Gasteiger partial charge in [-0.15, -0.1) is 0 Å². The van der Waals surface area contributed by atoms with Crippen LogP contribution in [0.2, 0.25) is 0 Å². The van der Waals surface area contributed by atoms with Crippen LogP contribution in [0.15, 0.2) is 71.9 Å². The maximum Gasteiger partial charge on any atom is 0.167 e. The highest BCUT2D eigenvalue weighted by Gasteiger charge is 2.03. The Balaban J connectivity index is 1.62. The van der Waals surface area contributed by atoms with E-state index in [0.717, 1.165) is 27.9 Å². The molecule has 1 heterocycles. The first-order valence-electron chi connectivity index (χ1n) is 7.29. The number of thioether (sulfide) groups is 1. The molecule has 0 spiro atoms. The van der Waals surface area contributed by atoms with Crippen molar-refractivity contribution in [3.8, 4) is 17.0 Å². The fourth-order valence-corrected chi connectivity index (χ4v) is 3.06. The third-order valence-corrected chi connectivity index (χ3v) is 4.19. The highest BCUT2D eigenvalue weighted by atomic mass is 32.2. The van der Waals surface area contributed by atoms with Gasteiger partial charge in [-0.25, -0.2) is 4.98 Å². The normalized spacial score (nSPS) is 10.4. The summed E-state index contributed by atoms with van der Waals surface area (Å²) < 4.78 is 6.28. The van der Waals surface area contributed by atoms with Crippen molar-refractivity contribution < 1.29 is 4.74 Å². The summed E-state index contributed by atoms with van der Waals surface area (Å²) in [6.07, 6.45) is 0. The van der Waals surface area contributed by atoms with Crippen molar-refractivity contribution in [2.75, 3.05) is 12.4 Å². The van der Waals surface area contributed by atoms with Crippen LogP contribution in [0.1, 0.15) is 0 Å². The lowest BCUT2D eigenvalue weighted by Crippen LogP contribution is -2.01. The van der Waals surface area contributed by atoms with Gasteiger partial charge in [0.05, 0.1) is 12.3 Å². The molecule has 0 saturated carbocycles. The SMILES string of the molecule is S=c1cc(-c2ccccc2)[nH]c(SCCOc2ccccc2)n1. The molecule has 0 radical (unpaired) electrons. The number of nitrogens with zero attached hydrogens (tertiary/aromatic N) is 1. The molecule has 3 nitrogen and oxygen atoms in total. The minimum Gasteiger partial charge on any atom is -0.493 e. The monoisotopic (exact) mass is 340 g/mol. The molecule has 23 heavy (non-hydrogen) atoms. The summed E-state index contributed by atoms with van der Waals surface area (Å²) in [6.45, 7) is 0.618. The van der Waals surface area contributed by atoms with Gasteiger partial charge in [0.1, 0.15) is 10.4 Å². The van der Waals surface area contributed by atoms with E-state index in [1.54, 1.807) is 11.8 Å². The molecule has 0 atom stereocenters. The summed E-state index contributed by atoms with van der Waals surface area (Å²) in [7, 11) is 0. The highest BCUT2D eigenvalue weighted by molar-refractivity contribution is 7.99. The zero-order chi connectivity index (χ0) is 15.9. The number of rotatable bonds is 6. The molecule has 1 aromatic heterocycles. The Morgan fingerprint density at radius 3 is 2.43 bits per heavy atom. The predicted molar refractivity (Wildman–Crippen MR) is 97.5 cm³/mol. The molecule has 116 valence electrons. The molecule has 0 aliphatic carbocycles. The van der Waals surface area contributed by atoms with E-state index in [9.17, 15) is 0 Å². The Morgan fingerprint density at radius 1 is 1.00 bits per heavy atom. The molecule has 3 aromatic rings. The van der Waals surface area contributed by atoms with E-state index >= 15 is 0 Å². The number of H-pyrrole nitrogens is 1. The lowest BCUT2D eigenvalue weighted by atomic mass is 10.1. The number of aromatic amines is 1. The van der Waals surface area contributed by atoms with Crippen LogP contribution in [0.5, 0.6) is 5.75 Å². The molecule has 0 aliphatic heterocycles. The molecule has 0 saturated heterocycles. The van der Waals surface area contributed by atoms with Gasteiger partial charge in [-0.05, 0) is 23.8 Å². The minimum atomic E-state index is 0.592. The molecule has 0 bridgehead atoms. The molecule has 3 rings (SSSR count). The van der Waals surface area contributed by atoms with E-state index in [-0.39, 0.29) is 0 Å². The number of hydrogen-bond donors (Lipinski definition) is 1. The number of ether oxygens (including phenoxy) is 1. The topological polar surface area (TPSA) is 37.9 Å². The molecular weight excluding hydrogens is 324 g/mol. The smallest absolute Gasteiger partial charge is 0.167 e. The van der Waals surface area contributed by atoms with E-state index in [1.807, 2.05) is 66.7 Å². The molecule has 1 N–H and O–H groups in total. The second kappa shape index (κ2) is 7.94. The fourth-order valence-electron chi connectivity index (χ4n) is 2.09. The summed E-state index contributed by atoms with van der Waals surface area (Å²) in [5.74, 6) is 1.68. The molecule has 2 aromatic carbocycles. The number of benzene rings is 2. The predicted octanol–water partition coefficient (Wildman–Crippen LogP) is 4.98. The Bertz CT molecular complexity index is 804. The van der Waals surface area contributed by atoms with Crippen molar-refractivity contribution in [3.05, 3.63) is 71.4 Å². The van der Waals surface area contributed by atoms with E-state index in [0.29, 0.717) is 11.2 Å². The Hall–Kier alpha value is -2.11. The van der Waals surface area contributed by atoms with Crippen molar-refractivity contribution in [1.29, 1.82) is 0 Å². The van der Waals surface area contributed by atoms with Gasteiger partial charge in [-0.3, -0.25) is 0 Å². The Morgan fingerprint density at radius 2 is 1.70 bits per heavy atom. The highest BCUT2D eigenvalue weighted by Crippen LogP contribution is 2.20. The number of hydrogen-bond acceptors (Lipinski definition) is 4. The first kappa shape index (κ1) is 15.8. The van der Waals surface area contributed by atoms with Crippen LogP contribution in [0.25, 0.3) is 11.3 Å². The number of para-hydroxylation sites is 1. The van der Waals surface area contributed by atoms with Gasteiger partial charge in [-0.1, -0.05) is 72.5 Å². The summed E-state index contributed by atoms with van der Waals surface area (Å²) in [6, 6.07) is 21.8. The van der Waals surface area contributed by atoms with Crippen LogP contribution in [0.4, 0.5) is 0 Å². The van der Waals surface area contributed by atoms with Crippen LogP contribution < -0.4 is 4.74 Å². The maximum absolute atomic E-state index is 5.68. The van der Waals surface area contributed by atoms with Crippen molar-refractivity contribution in [2.45, 2.75) is 5.16 Å². The molecule has 0 unspecified atom stereocenters. The van der Waals surface area contributed by atoms with E-state index in [4.69, 9.17) is 17.0 Å². The molecule has 0 aliphatic rings. The van der Waals surface area contributed by atoms with Crippen LogP contribution in [0.3, 0.4) is 0 Å². The fraction of sp³-hybridized carbons (Fsp3) is 0.111. The van der Waals surface area contributed by atoms with Gasteiger partial charge in [0.15, 0.2) is 5.16 Å². The van der Waals surface area contributed by atoms with Crippen LogP contribution in [-0.4, -0.2) is 22.3 Å². The largest absolute Gasteiger partial charge is 0.493 e. The maximum atomic E-state index is 5.68. The van der Waals surface area contributed by atoms with E-state index in [1.165, 1.54) is 0 Å². The second-order valence-electron chi connectivity index (χ2n) is 4.81. The Kier molecular flexibility index (Phi) is 5.45. The molecule has 0 amide bonds. The third kappa shape index (κ3) is 4.68. The van der Waals surface area contributed by atoms with E-state index < -0.39 is 0 Å². The Labute approximate surface area is 144 Å². The number of aromatic nitrogens is 2. The van der Waals surface area contributed by atoms with Gasteiger partial charge in [0.25, 0.3) is 0 Å². The average Bonchev–Trinajstić information content (AvgIpc) is 2.60. The standard InChI is InChI=1S/C18H16N2OS2/c22-17-13-16(14-7-3-1-4-8-14)19-18(20-17)23-12-11-21-15-9-5-2-6-10-15/h1-10,13H,11-12H2,(H,19,20,22). The van der Waals surface area contributed by atoms with Gasteiger partial charge < -0.3 is 9.72 Å². The summed E-state index contributed by atoms with van der Waals surface area (Å²) in [5, 5.41) is 0.813. The van der Waals surface area contributed by atoms with Gasteiger partial charge in [0.2, 0.25) is 0 Å². The third-order valence-electron chi connectivity index (χ3n) is 3.14. The quantitative estimate of drug-likeness (QED) is 0.297. The van der Waals surface area contributed by atoms with Gasteiger partial charge >= 0.3 is 0 Å². The van der Waals surface area contributed by atoms with Gasteiger partial charge in [0, 0.05) is 5.75 Å². The zero-order valence-electron chi connectivity index (χ0n) is 12.4. The summed E-state index contributed by atoms with van der Waals surface area (Å²) in [5.41, 5.74) is 2.08. The zero-order valence-corrected chi connectivity index (χ0v) is 14.1. The first-order valence-corrected chi connectivity index (χ1v) is 8.68. The molecule has 0 fully saturated rings. The van der Waals surface area contributed by atoms with Gasteiger partial charge in [-0.2, -0.15) is 0 Å². The van der Waals surface area contributed by atoms with Crippen LogP contribution >= 0.6 is 24.0 Å². The van der Waals surface area contributed by atoms with E-state index in [2.05, 4.69) is 9.97 Å². The minimum absolute atomic E-state index is 0.592. The van der Waals surface area contributed by atoms with Crippen molar-refractivity contribution in [1.82, 2.24) is 9.97 Å². The molecule has 5 heteroatoms. The van der Waals surface area contributed by atoms with Crippen molar-refractivity contribution >= 4 is 24.0 Å². The number of nitrogens with one attached hydrogen (secondary N) is 1. The molecular formula is C18H16N2OS2. The summed E-state index contributed by atoms with van der Waals surface area (Å²) in [4.78, 5) is 7.70. The van der Waals surface area contributed by atoms with Crippen LogP contribution in [-0.2, 0) is 0 Å². The second-order valence-corrected chi connectivity index (χ2v) is 6.32.